The third-order valence-corrected chi connectivity index (χ3v) is 4.55. The Bertz CT molecular complexity index is 921. The fraction of sp³-hybridized carbons (Fsp3) is 0.389. The van der Waals surface area contributed by atoms with Gasteiger partial charge in [-0.3, -0.25) is 4.79 Å². The zero-order valence-corrected chi connectivity index (χ0v) is 14.4. The molecule has 7 nitrogen and oxygen atoms in total. The molecule has 0 radical (unpaired) electrons. The van der Waals surface area contributed by atoms with Crippen LogP contribution >= 0.6 is 0 Å². The molecule has 130 valence electrons. The van der Waals surface area contributed by atoms with Crippen molar-refractivity contribution in [1.82, 2.24) is 20.0 Å². The molecule has 0 atom stereocenters. The molecule has 7 heteroatoms. The zero-order valence-electron chi connectivity index (χ0n) is 14.4. The van der Waals surface area contributed by atoms with E-state index in [9.17, 15) is 4.79 Å². The summed E-state index contributed by atoms with van der Waals surface area (Å²) in [5.74, 6) is 2.43. The van der Waals surface area contributed by atoms with Gasteiger partial charge in [0.05, 0.1) is 13.0 Å². The molecule has 0 aliphatic carbocycles. The molecule has 1 aliphatic heterocycles. The highest BCUT2D eigenvalue weighted by atomic mass is 16.5. The SMILES string of the molecule is COc1ccc2cc(C(=O)N3CC(c4nc(C(C)C)no4)C3)[nH]c2c1. The van der Waals surface area contributed by atoms with E-state index in [1.54, 1.807) is 12.0 Å². The van der Waals surface area contributed by atoms with E-state index in [1.165, 1.54) is 0 Å². The van der Waals surface area contributed by atoms with Crippen LogP contribution in [0.1, 0.15) is 47.9 Å². The second kappa shape index (κ2) is 5.91. The van der Waals surface area contributed by atoms with Crippen LogP contribution in [0.15, 0.2) is 28.8 Å². The quantitative estimate of drug-likeness (QED) is 0.789. The molecule has 1 aromatic carbocycles. The summed E-state index contributed by atoms with van der Waals surface area (Å²) in [6, 6.07) is 7.57. The lowest BCUT2D eigenvalue weighted by atomic mass is 9.99. The minimum absolute atomic E-state index is 0.0185. The second-order valence-electron chi connectivity index (χ2n) is 6.69. The third kappa shape index (κ3) is 2.75. The number of likely N-dealkylation sites (tertiary alicyclic amines) is 1. The van der Waals surface area contributed by atoms with Crippen molar-refractivity contribution < 1.29 is 14.1 Å². The van der Waals surface area contributed by atoms with Crippen molar-refractivity contribution in [3.05, 3.63) is 41.7 Å². The first-order chi connectivity index (χ1) is 12.0. The van der Waals surface area contributed by atoms with Crippen molar-refractivity contribution in [3.63, 3.8) is 0 Å². The van der Waals surface area contributed by atoms with Crippen LogP contribution in [0.2, 0.25) is 0 Å². The highest BCUT2D eigenvalue weighted by molar-refractivity contribution is 5.98. The lowest BCUT2D eigenvalue weighted by molar-refractivity contribution is 0.0564. The van der Waals surface area contributed by atoms with Crippen LogP contribution in [0.4, 0.5) is 0 Å². The molecule has 25 heavy (non-hydrogen) atoms. The Labute approximate surface area is 145 Å². The number of carbonyl (C=O) groups excluding carboxylic acids is 1. The number of amides is 1. The number of hydrogen-bond donors (Lipinski definition) is 1. The Hall–Kier alpha value is -2.83. The highest BCUT2D eigenvalue weighted by Gasteiger charge is 2.36. The smallest absolute Gasteiger partial charge is 0.270 e. The average molecular weight is 340 g/mol. The van der Waals surface area contributed by atoms with E-state index in [0.717, 1.165) is 16.7 Å². The summed E-state index contributed by atoms with van der Waals surface area (Å²) in [4.78, 5) is 22.0. The second-order valence-corrected chi connectivity index (χ2v) is 6.69. The van der Waals surface area contributed by atoms with E-state index >= 15 is 0 Å². The fourth-order valence-corrected chi connectivity index (χ4v) is 2.97. The van der Waals surface area contributed by atoms with Crippen molar-refractivity contribution in [3.8, 4) is 5.75 Å². The van der Waals surface area contributed by atoms with Crippen molar-refractivity contribution >= 4 is 16.8 Å². The molecule has 3 heterocycles. The van der Waals surface area contributed by atoms with E-state index in [-0.39, 0.29) is 17.7 Å². The number of aromatic amines is 1. The number of methoxy groups -OCH3 is 1. The van der Waals surface area contributed by atoms with E-state index in [0.29, 0.717) is 30.5 Å². The van der Waals surface area contributed by atoms with Gasteiger partial charge in [-0.25, -0.2) is 0 Å². The summed E-state index contributed by atoms with van der Waals surface area (Å²) >= 11 is 0. The van der Waals surface area contributed by atoms with Gasteiger partial charge < -0.3 is 19.1 Å². The molecular formula is C18H20N4O3. The largest absolute Gasteiger partial charge is 0.497 e. The van der Waals surface area contributed by atoms with Gasteiger partial charge in [-0.05, 0) is 18.2 Å². The summed E-state index contributed by atoms with van der Waals surface area (Å²) < 4.78 is 10.5. The van der Waals surface area contributed by atoms with Crippen molar-refractivity contribution in [2.24, 2.45) is 0 Å². The average Bonchev–Trinajstić information content (AvgIpc) is 3.19. The van der Waals surface area contributed by atoms with Gasteiger partial charge in [-0.2, -0.15) is 4.98 Å². The third-order valence-electron chi connectivity index (χ3n) is 4.55. The van der Waals surface area contributed by atoms with E-state index in [1.807, 2.05) is 38.1 Å². The molecule has 0 unspecified atom stereocenters. The molecule has 4 rings (SSSR count). The van der Waals surface area contributed by atoms with Gasteiger partial charge in [-0.1, -0.05) is 19.0 Å². The van der Waals surface area contributed by atoms with Crippen LogP contribution in [0, 0.1) is 0 Å². The molecule has 1 amide bonds. The summed E-state index contributed by atoms with van der Waals surface area (Å²) in [6.07, 6.45) is 0. The van der Waals surface area contributed by atoms with Crippen LogP contribution in [0.25, 0.3) is 10.9 Å². The highest BCUT2D eigenvalue weighted by Crippen LogP contribution is 2.29. The van der Waals surface area contributed by atoms with Crippen LogP contribution in [0.5, 0.6) is 5.75 Å². The number of aromatic nitrogens is 3. The van der Waals surface area contributed by atoms with Crippen molar-refractivity contribution in [2.45, 2.75) is 25.7 Å². The Morgan fingerprint density at radius 1 is 1.36 bits per heavy atom. The number of fused-ring (bicyclic) bond motifs is 1. The summed E-state index contributed by atoms with van der Waals surface area (Å²) in [5, 5.41) is 4.97. The van der Waals surface area contributed by atoms with E-state index in [2.05, 4.69) is 15.1 Å². The maximum atomic E-state index is 12.6. The van der Waals surface area contributed by atoms with Gasteiger partial charge >= 0.3 is 0 Å². The topological polar surface area (TPSA) is 84.2 Å². The fourth-order valence-electron chi connectivity index (χ4n) is 2.97. The van der Waals surface area contributed by atoms with Gasteiger partial charge in [0.25, 0.3) is 5.91 Å². The van der Waals surface area contributed by atoms with Gasteiger partial charge in [0.15, 0.2) is 5.82 Å². The van der Waals surface area contributed by atoms with Gasteiger partial charge in [0.1, 0.15) is 11.4 Å². The number of rotatable bonds is 4. The first kappa shape index (κ1) is 15.7. The molecule has 0 saturated carbocycles. The molecule has 3 aromatic rings. The molecule has 0 bridgehead atoms. The molecule has 1 aliphatic rings. The zero-order chi connectivity index (χ0) is 17.6. The van der Waals surface area contributed by atoms with E-state index < -0.39 is 0 Å². The Balaban J connectivity index is 1.45. The minimum atomic E-state index is -0.0185. The van der Waals surface area contributed by atoms with Crippen molar-refractivity contribution in [2.75, 3.05) is 20.2 Å². The monoisotopic (exact) mass is 340 g/mol. The summed E-state index contributed by atoms with van der Waals surface area (Å²) in [7, 11) is 1.62. The first-order valence-electron chi connectivity index (χ1n) is 8.34. The van der Waals surface area contributed by atoms with Gasteiger partial charge in [-0.15, -0.1) is 0 Å². The normalized spacial score (nSPS) is 15.0. The Morgan fingerprint density at radius 2 is 2.16 bits per heavy atom. The lowest BCUT2D eigenvalue weighted by Crippen LogP contribution is -2.48. The molecule has 1 N–H and O–H groups in total. The Morgan fingerprint density at radius 3 is 2.84 bits per heavy atom. The number of benzene rings is 1. The first-order valence-corrected chi connectivity index (χ1v) is 8.34. The molecule has 2 aromatic heterocycles. The number of H-pyrrole nitrogens is 1. The summed E-state index contributed by atoms with van der Waals surface area (Å²) in [5.41, 5.74) is 1.47. The number of hydrogen-bond acceptors (Lipinski definition) is 5. The standard InChI is InChI=1S/C18H20N4O3/c1-10(2)16-20-17(25-21-16)12-8-22(9-12)18(23)15-6-11-4-5-13(24-3)7-14(11)19-15/h4-7,10,12,19H,8-9H2,1-3H3. The lowest BCUT2D eigenvalue weighted by Gasteiger charge is -2.36. The number of carbonyl (C=O) groups is 1. The van der Waals surface area contributed by atoms with Crippen LogP contribution < -0.4 is 4.74 Å². The van der Waals surface area contributed by atoms with Gasteiger partial charge in [0, 0.05) is 36.0 Å². The van der Waals surface area contributed by atoms with Crippen molar-refractivity contribution in [1.29, 1.82) is 0 Å². The molecular weight excluding hydrogens is 320 g/mol. The number of ether oxygens (including phenoxy) is 1. The molecule has 1 saturated heterocycles. The number of nitrogens with one attached hydrogen (secondary N) is 1. The van der Waals surface area contributed by atoms with Crippen LogP contribution in [-0.4, -0.2) is 46.1 Å². The maximum Gasteiger partial charge on any atom is 0.270 e. The Kier molecular flexibility index (Phi) is 3.71. The maximum absolute atomic E-state index is 12.6. The van der Waals surface area contributed by atoms with Crippen LogP contribution in [-0.2, 0) is 0 Å². The predicted molar refractivity (Wildman–Crippen MR) is 91.9 cm³/mol. The summed E-state index contributed by atoms with van der Waals surface area (Å²) in [6.45, 7) is 5.24. The van der Waals surface area contributed by atoms with E-state index in [4.69, 9.17) is 9.26 Å². The van der Waals surface area contributed by atoms with Gasteiger partial charge in [0.2, 0.25) is 5.89 Å². The predicted octanol–water partition coefficient (Wildman–Crippen LogP) is 2.92. The number of nitrogens with zero attached hydrogens (tertiary/aromatic N) is 3. The minimum Gasteiger partial charge on any atom is -0.497 e. The molecule has 1 fully saturated rings. The van der Waals surface area contributed by atoms with Crippen LogP contribution in [0.3, 0.4) is 0 Å². The molecule has 0 spiro atoms.